The fraction of sp³-hybridized carbons (Fsp3) is 0.250. The molecule has 1 heterocycles. The minimum atomic E-state index is -1.12. The van der Waals surface area contributed by atoms with Gasteiger partial charge in [-0.3, -0.25) is 4.79 Å². The molecular formula is C8H11N2O4+. The van der Waals surface area contributed by atoms with E-state index >= 15 is 0 Å². The van der Waals surface area contributed by atoms with Gasteiger partial charge < -0.3 is 21.1 Å². The first-order chi connectivity index (χ1) is 6.50. The smallest absolute Gasteiger partial charge is 0.327 e. The van der Waals surface area contributed by atoms with Crippen LogP contribution in [0.1, 0.15) is 0 Å². The van der Waals surface area contributed by atoms with Crippen molar-refractivity contribution in [3.8, 4) is 11.5 Å². The molecule has 0 unspecified atom stereocenters. The Labute approximate surface area is 79.8 Å². The molecule has 0 saturated heterocycles. The summed E-state index contributed by atoms with van der Waals surface area (Å²) in [5.41, 5.74) is 5.27. The highest BCUT2D eigenvalue weighted by Crippen LogP contribution is 2.19. The van der Waals surface area contributed by atoms with Crippen LogP contribution in [0.2, 0.25) is 0 Å². The van der Waals surface area contributed by atoms with E-state index in [2.05, 4.69) is 0 Å². The molecule has 6 heteroatoms. The highest BCUT2D eigenvalue weighted by atomic mass is 16.4. The second-order valence-electron chi connectivity index (χ2n) is 2.86. The van der Waals surface area contributed by atoms with Crippen LogP contribution >= 0.6 is 0 Å². The van der Waals surface area contributed by atoms with Gasteiger partial charge in [0.05, 0.1) is 0 Å². The Balaban J connectivity index is 2.78. The van der Waals surface area contributed by atoms with Crippen molar-refractivity contribution in [1.82, 2.24) is 0 Å². The van der Waals surface area contributed by atoms with Crippen LogP contribution in [0, 0.1) is 0 Å². The largest absolute Gasteiger partial charge is 0.504 e. The standard InChI is InChI=1S/C8H10N2O4/c9-5(8(13)14)3-10-2-1-6(11)7(12)4-10/h1-2,4-5H,3,9H2,(H2,12,13,14)/p+1/t5-/m0/s1. The van der Waals surface area contributed by atoms with Crippen LogP contribution in [0.25, 0.3) is 0 Å². The normalized spacial score (nSPS) is 12.4. The molecule has 0 aliphatic carbocycles. The number of carboxylic acids is 1. The summed E-state index contributed by atoms with van der Waals surface area (Å²) >= 11 is 0. The highest BCUT2D eigenvalue weighted by molar-refractivity contribution is 5.72. The molecule has 0 radical (unpaired) electrons. The molecule has 1 rings (SSSR count). The molecule has 0 spiro atoms. The minimum Gasteiger partial charge on any atom is -0.504 e. The first kappa shape index (κ1) is 10.3. The number of nitrogens with two attached hydrogens (primary N) is 1. The van der Waals surface area contributed by atoms with Crippen LogP contribution in [0.15, 0.2) is 18.5 Å². The Kier molecular flexibility index (Phi) is 2.88. The maximum atomic E-state index is 10.4. The predicted octanol–water partition coefficient (Wildman–Crippen LogP) is -1.20. The molecule has 0 aromatic carbocycles. The summed E-state index contributed by atoms with van der Waals surface area (Å²) in [4.78, 5) is 10.4. The maximum absolute atomic E-state index is 10.4. The molecule has 76 valence electrons. The zero-order valence-corrected chi connectivity index (χ0v) is 7.29. The summed E-state index contributed by atoms with van der Waals surface area (Å²) in [6.45, 7) is 0.0309. The van der Waals surface area contributed by atoms with E-state index in [4.69, 9.17) is 21.1 Å². The molecular weight excluding hydrogens is 188 g/mol. The number of pyridine rings is 1. The lowest BCUT2D eigenvalue weighted by Gasteiger charge is -2.02. The van der Waals surface area contributed by atoms with E-state index in [1.807, 2.05) is 0 Å². The highest BCUT2D eigenvalue weighted by Gasteiger charge is 2.17. The lowest BCUT2D eigenvalue weighted by Crippen LogP contribution is -2.46. The Morgan fingerprint density at radius 2 is 2.14 bits per heavy atom. The van der Waals surface area contributed by atoms with Crippen LogP contribution in [0.4, 0.5) is 0 Å². The van der Waals surface area contributed by atoms with Crippen LogP contribution in [-0.2, 0) is 11.3 Å². The summed E-state index contributed by atoms with van der Waals surface area (Å²) < 4.78 is 1.38. The lowest BCUT2D eigenvalue weighted by atomic mass is 10.3. The zero-order chi connectivity index (χ0) is 10.7. The van der Waals surface area contributed by atoms with Crippen molar-refractivity contribution in [2.24, 2.45) is 5.73 Å². The molecule has 0 saturated carbocycles. The first-order valence-corrected chi connectivity index (χ1v) is 3.90. The third-order valence-corrected chi connectivity index (χ3v) is 1.70. The number of aliphatic carboxylic acids is 1. The van der Waals surface area contributed by atoms with Gasteiger partial charge >= 0.3 is 5.97 Å². The Morgan fingerprint density at radius 1 is 1.50 bits per heavy atom. The summed E-state index contributed by atoms with van der Waals surface area (Å²) in [7, 11) is 0. The number of rotatable bonds is 3. The molecule has 0 aliphatic rings. The molecule has 0 fully saturated rings. The van der Waals surface area contributed by atoms with E-state index in [1.165, 1.54) is 23.0 Å². The van der Waals surface area contributed by atoms with Gasteiger partial charge in [0.2, 0.25) is 11.9 Å². The van der Waals surface area contributed by atoms with E-state index in [0.717, 1.165) is 0 Å². The Bertz CT molecular complexity index is 353. The average Bonchev–Trinajstić information content (AvgIpc) is 2.11. The number of nitrogens with zero attached hydrogens (tertiary/aromatic N) is 1. The van der Waals surface area contributed by atoms with E-state index in [0.29, 0.717) is 0 Å². The van der Waals surface area contributed by atoms with E-state index in [9.17, 15) is 4.79 Å². The summed E-state index contributed by atoms with van der Waals surface area (Å²) in [5, 5.41) is 26.6. The number of carboxylic acid groups (broad SMARTS) is 1. The van der Waals surface area contributed by atoms with Crippen LogP contribution in [-0.4, -0.2) is 27.3 Å². The Hall–Kier alpha value is -1.82. The number of aromatic nitrogens is 1. The van der Waals surface area contributed by atoms with Gasteiger partial charge in [0, 0.05) is 6.07 Å². The summed E-state index contributed by atoms with van der Waals surface area (Å²) in [6.07, 6.45) is 2.63. The molecule has 5 N–H and O–H groups in total. The SMILES string of the molecule is N[C@@H](C[n+]1ccc(O)c(O)c1)C(=O)O. The monoisotopic (exact) mass is 199 g/mol. The van der Waals surface area contributed by atoms with Crippen molar-refractivity contribution in [2.45, 2.75) is 12.6 Å². The molecule has 6 nitrogen and oxygen atoms in total. The number of hydrogen-bond acceptors (Lipinski definition) is 4. The third-order valence-electron chi connectivity index (χ3n) is 1.70. The Morgan fingerprint density at radius 3 is 2.64 bits per heavy atom. The first-order valence-electron chi connectivity index (χ1n) is 3.90. The topological polar surface area (TPSA) is 108 Å². The van der Waals surface area contributed by atoms with Gasteiger partial charge in [0.15, 0.2) is 24.5 Å². The van der Waals surface area contributed by atoms with Gasteiger partial charge in [-0.1, -0.05) is 0 Å². The van der Waals surface area contributed by atoms with E-state index in [1.54, 1.807) is 0 Å². The molecule has 0 aliphatic heterocycles. The second kappa shape index (κ2) is 3.93. The molecule has 1 aromatic rings. The van der Waals surface area contributed by atoms with E-state index < -0.39 is 12.0 Å². The van der Waals surface area contributed by atoms with Gasteiger partial charge in [-0.2, -0.15) is 4.57 Å². The number of aromatic hydroxyl groups is 2. The number of carbonyl (C=O) groups is 1. The van der Waals surface area contributed by atoms with Crippen molar-refractivity contribution in [3.05, 3.63) is 18.5 Å². The minimum absolute atomic E-state index is 0.0309. The molecule has 0 amide bonds. The summed E-state index contributed by atoms with van der Waals surface area (Å²) in [5.74, 6) is -1.69. The molecule has 1 atom stereocenters. The molecule has 0 bridgehead atoms. The van der Waals surface area contributed by atoms with Gasteiger partial charge in [-0.25, -0.2) is 0 Å². The van der Waals surface area contributed by atoms with Crippen molar-refractivity contribution >= 4 is 5.97 Å². The van der Waals surface area contributed by atoms with Crippen molar-refractivity contribution in [3.63, 3.8) is 0 Å². The predicted molar refractivity (Wildman–Crippen MR) is 45.6 cm³/mol. The van der Waals surface area contributed by atoms with Gasteiger partial charge in [-0.15, -0.1) is 0 Å². The van der Waals surface area contributed by atoms with Crippen LogP contribution in [0.5, 0.6) is 11.5 Å². The molecule has 1 aromatic heterocycles. The van der Waals surface area contributed by atoms with Crippen molar-refractivity contribution in [1.29, 1.82) is 0 Å². The average molecular weight is 199 g/mol. The maximum Gasteiger partial charge on any atom is 0.327 e. The van der Waals surface area contributed by atoms with Gasteiger partial charge in [-0.05, 0) is 0 Å². The number of hydrogen-bond donors (Lipinski definition) is 4. The zero-order valence-electron chi connectivity index (χ0n) is 7.29. The van der Waals surface area contributed by atoms with E-state index in [-0.39, 0.29) is 18.0 Å². The van der Waals surface area contributed by atoms with Crippen molar-refractivity contribution in [2.75, 3.05) is 0 Å². The fourth-order valence-corrected chi connectivity index (χ4v) is 0.937. The fourth-order valence-electron chi connectivity index (χ4n) is 0.937. The lowest BCUT2D eigenvalue weighted by molar-refractivity contribution is -0.697. The quantitative estimate of drug-likeness (QED) is 0.457. The van der Waals surface area contributed by atoms with Crippen LogP contribution in [0.3, 0.4) is 0 Å². The third kappa shape index (κ3) is 2.33. The van der Waals surface area contributed by atoms with Crippen molar-refractivity contribution < 1.29 is 24.7 Å². The van der Waals surface area contributed by atoms with Gasteiger partial charge in [0.1, 0.15) is 0 Å². The summed E-state index contributed by atoms with van der Waals surface area (Å²) in [6, 6.07) is 0.216. The van der Waals surface area contributed by atoms with Gasteiger partial charge in [0.25, 0.3) is 0 Å². The molecule has 14 heavy (non-hydrogen) atoms. The second-order valence-corrected chi connectivity index (χ2v) is 2.86. The van der Waals surface area contributed by atoms with Crippen LogP contribution < -0.4 is 10.3 Å².